The lowest BCUT2D eigenvalue weighted by Gasteiger charge is -1.87. The minimum absolute atomic E-state index is 0.269. The van der Waals surface area contributed by atoms with Crippen molar-refractivity contribution >= 4 is 44.5 Å². The minimum atomic E-state index is -0.919. The van der Waals surface area contributed by atoms with Gasteiger partial charge in [0.05, 0.1) is 5.56 Å². The lowest BCUT2D eigenvalue weighted by Crippen LogP contribution is -1.94. The molecule has 17 heavy (non-hydrogen) atoms. The Kier molecular flexibility index (Phi) is 6.13. The molecule has 0 amide bonds. The van der Waals surface area contributed by atoms with E-state index in [9.17, 15) is 4.79 Å². The normalized spacial score (nSPS) is 9.06. The van der Waals surface area contributed by atoms with Crippen LogP contribution in [0.15, 0.2) is 53.3 Å². The Morgan fingerprint density at radius 1 is 1.12 bits per heavy atom. The van der Waals surface area contributed by atoms with Crippen LogP contribution >= 0.6 is 38.5 Å². The second-order valence-corrected chi connectivity index (χ2v) is 5.14. The van der Waals surface area contributed by atoms with Gasteiger partial charge >= 0.3 is 5.97 Å². The fourth-order valence-electron chi connectivity index (χ4n) is 0.924. The van der Waals surface area contributed by atoms with Crippen LogP contribution in [0.25, 0.3) is 0 Å². The number of carbonyl (C=O) groups is 1. The summed E-state index contributed by atoms with van der Waals surface area (Å²) in [4.78, 5) is 13.8. The second-order valence-electron chi connectivity index (χ2n) is 2.98. The molecule has 0 spiro atoms. The van der Waals surface area contributed by atoms with Gasteiger partial charge in [0.2, 0.25) is 0 Å². The average Bonchev–Trinajstić information content (AvgIpc) is 2.35. The predicted molar refractivity (Wildman–Crippen MR) is 78.1 cm³/mol. The lowest BCUT2D eigenvalue weighted by molar-refractivity contribution is 0.0697. The zero-order valence-corrected chi connectivity index (χ0v) is 12.4. The van der Waals surface area contributed by atoms with Gasteiger partial charge in [0.1, 0.15) is 0 Å². The number of carboxylic acid groups (broad SMARTS) is 1. The standard InChI is InChI=1S/C6H4BrI.C6H5NO2/c7-5-1-3-6(8)4-2-5;8-6(9)5-1-3-7-4-2-5/h1-4H;1-4H,(H,8,9). The molecule has 1 aromatic carbocycles. The lowest BCUT2D eigenvalue weighted by atomic mass is 10.3. The summed E-state index contributed by atoms with van der Waals surface area (Å²) in [5.74, 6) is -0.919. The summed E-state index contributed by atoms with van der Waals surface area (Å²) in [5, 5.41) is 8.36. The Labute approximate surface area is 121 Å². The van der Waals surface area contributed by atoms with Gasteiger partial charge in [-0.1, -0.05) is 15.9 Å². The quantitative estimate of drug-likeness (QED) is 0.733. The topological polar surface area (TPSA) is 50.2 Å². The summed E-state index contributed by atoms with van der Waals surface area (Å²) >= 11 is 5.62. The summed E-state index contributed by atoms with van der Waals surface area (Å²) in [6.07, 6.45) is 2.90. The number of aromatic nitrogens is 1. The molecule has 1 aromatic heterocycles. The fraction of sp³-hybridized carbons (Fsp3) is 0. The van der Waals surface area contributed by atoms with Crippen LogP contribution in [0.5, 0.6) is 0 Å². The molecule has 88 valence electrons. The Morgan fingerprint density at radius 3 is 2.00 bits per heavy atom. The van der Waals surface area contributed by atoms with E-state index in [1.165, 1.54) is 28.1 Å². The van der Waals surface area contributed by atoms with E-state index in [2.05, 4.69) is 55.6 Å². The van der Waals surface area contributed by atoms with Crippen molar-refractivity contribution in [2.24, 2.45) is 0 Å². The monoisotopic (exact) mass is 405 g/mol. The maximum absolute atomic E-state index is 10.2. The summed E-state index contributed by atoms with van der Waals surface area (Å²) in [5.41, 5.74) is 0.269. The number of aromatic carboxylic acids is 1. The van der Waals surface area contributed by atoms with Crippen molar-refractivity contribution in [3.8, 4) is 0 Å². The van der Waals surface area contributed by atoms with Gasteiger partial charge in [0.25, 0.3) is 0 Å². The highest BCUT2D eigenvalue weighted by molar-refractivity contribution is 14.1. The van der Waals surface area contributed by atoms with E-state index < -0.39 is 5.97 Å². The van der Waals surface area contributed by atoms with Gasteiger partial charge < -0.3 is 5.11 Å². The molecule has 0 atom stereocenters. The van der Waals surface area contributed by atoms with Gasteiger partial charge in [-0.2, -0.15) is 0 Å². The number of pyridine rings is 1. The summed E-state index contributed by atoms with van der Waals surface area (Å²) in [7, 11) is 0. The molecule has 5 heteroatoms. The Morgan fingerprint density at radius 2 is 1.65 bits per heavy atom. The highest BCUT2D eigenvalue weighted by atomic mass is 127. The van der Waals surface area contributed by atoms with Gasteiger partial charge in [-0.05, 0) is 59.0 Å². The Bertz CT molecular complexity index is 453. The van der Waals surface area contributed by atoms with E-state index in [0.717, 1.165) is 4.47 Å². The number of nitrogens with zero attached hydrogens (tertiary/aromatic N) is 1. The van der Waals surface area contributed by atoms with E-state index in [4.69, 9.17) is 5.11 Å². The van der Waals surface area contributed by atoms with Crippen molar-refractivity contribution in [3.05, 3.63) is 62.4 Å². The minimum Gasteiger partial charge on any atom is -0.478 e. The number of halogens is 2. The zero-order chi connectivity index (χ0) is 12.7. The van der Waals surface area contributed by atoms with E-state index in [1.807, 2.05) is 12.1 Å². The third-order valence-corrected chi connectivity index (χ3v) is 2.98. The molecule has 0 aliphatic carbocycles. The largest absolute Gasteiger partial charge is 0.478 e. The van der Waals surface area contributed by atoms with Crippen LogP contribution in [0.2, 0.25) is 0 Å². The Hall–Kier alpha value is -0.950. The first-order chi connectivity index (χ1) is 8.09. The van der Waals surface area contributed by atoms with Gasteiger partial charge in [-0.3, -0.25) is 4.98 Å². The van der Waals surface area contributed by atoms with E-state index in [1.54, 1.807) is 0 Å². The van der Waals surface area contributed by atoms with Crippen molar-refractivity contribution in [2.45, 2.75) is 0 Å². The van der Waals surface area contributed by atoms with E-state index in [-0.39, 0.29) is 5.56 Å². The SMILES string of the molecule is Brc1ccc(I)cc1.O=C(O)c1ccncc1. The second kappa shape index (κ2) is 7.39. The molecule has 0 bridgehead atoms. The molecule has 0 radical (unpaired) electrons. The molecular weight excluding hydrogens is 397 g/mol. The summed E-state index contributed by atoms with van der Waals surface area (Å²) in [6, 6.07) is 11.1. The maximum atomic E-state index is 10.2. The van der Waals surface area contributed by atoms with Crippen LogP contribution in [0.1, 0.15) is 10.4 Å². The zero-order valence-electron chi connectivity index (χ0n) is 8.68. The molecule has 1 N–H and O–H groups in total. The summed E-state index contributed by atoms with van der Waals surface area (Å²) in [6.45, 7) is 0. The molecule has 1 heterocycles. The van der Waals surface area contributed by atoms with Crippen LogP contribution in [-0.2, 0) is 0 Å². The molecule has 3 nitrogen and oxygen atoms in total. The van der Waals surface area contributed by atoms with E-state index in [0.29, 0.717) is 0 Å². The van der Waals surface area contributed by atoms with Crippen molar-refractivity contribution in [2.75, 3.05) is 0 Å². The van der Waals surface area contributed by atoms with Crippen molar-refractivity contribution in [1.82, 2.24) is 4.98 Å². The van der Waals surface area contributed by atoms with Crippen LogP contribution in [0.3, 0.4) is 0 Å². The first kappa shape index (κ1) is 14.1. The first-order valence-electron chi connectivity index (χ1n) is 4.64. The smallest absolute Gasteiger partial charge is 0.335 e. The van der Waals surface area contributed by atoms with Gasteiger partial charge in [0.15, 0.2) is 0 Å². The molecule has 2 rings (SSSR count). The molecular formula is C12H9BrINO2. The third kappa shape index (κ3) is 5.78. The highest BCUT2D eigenvalue weighted by Crippen LogP contribution is 2.11. The number of rotatable bonds is 1. The van der Waals surface area contributed by atoms with Gasteiger partial charge in [-0.15, -0.1) is 0 Å². The van der Waals surface area contributed by atoms with Crippen molar-refractivity contribution in [1.29, 1.82) is 0 Å². The summed E-state index contributed by atoms with van der Waals surface area (Å²) < 4.78 is 2.41. The first-order valence-corrected chi connectivity index (χ1v) is 6.51. The highest BCUT2D eigenvalue weighted by Gasteiger charge is 1.97. The maximum Gasteiger partial charge on any atom is 0.335 e. The number of benzene rings is 1. The van der Waals surface area contributed by atoms with E-state index >= 15 is 0 Å². The van der Waals surface area contributed by atoms with Crippen molar-refractivity contribution < 1.29 is 9.90 Å². The van der Waals surface area contributed by atoms with Crippen LogP contribution in [0.4, 0.5) is 0 Å². The molecule has 0 fully saturated rings. The predicted octanol–water partition coefficient (Wildman–Crippen LogP) is 3.83. The fourth-order valence-corrected chi connectivity index (χ4v) is 1.55. The molecule has 0 aliphatic rings. The van der Waals surface area contributed by atoms with Crippen molar-refractivity contribution in [3.63, 3.8) is 0 Å². The third-order valence-electron chi connectivity index (χ3n) is 1.73. The van der Waals surface area contributed by atoms with Crippen LogP contribution in [-0.4, -0.2) is 16.1 Å². The molecule has 0 saturated heterocycles. The average molecular weight is 406 g/mol. The Balaban J connectivity index is 0.000000171. The molecule has 0 aliphatic heterocycles. The number of hydrogen-bond donors (Lipinski definition) is 1. The molecule has 0 saturated carbocycles. The number of hydrogen-bond acceptors (Lipinski definition) is 2. The number of carboxylic acids is 1. The van der Waals surface area contributed by atoms with Crippen LogP contribution < -0.4 is 0 Å². The molecule has 2 aromatic rings. The van der Waals surface area contributed by atoms with Crippen LogP contribution in [0, 0.1) is 3.57 Å². The molecule has 0 unspecified atom stereocenters. The van der Waals surface area contributed by atoms with Gasteiger partial charge in [-0.25, -0.2) is 4.79 Å². The van der Waals surface area contributed by atoms with Gasteiger partial charge in [0, 0.05) is 20.4 Å².